The minimum atomic E-state index is -0.248. The average Bonchev–Trinajstić information content (AvgIpc) is 2.96. The van der Waals surface area contributed by atoms with E-state index in [1.807, 2.05) is 0 Å². The molecule has 0 spiro atoms. The van der Waals surface area contributed by atoms with E-state index >= 15 is 0 Å². The largest absolute Gasteiger partial charge is 0.369 e. The molecule has 0 N–H and O–H groups in total. The van der Waals surface area contributed by atoms with Crippen molar-refractivity contribution in [2.45, 2.75) is 6.92 Å². The van der Waals surface area contributed by atoms with Crippen LogP contribution in [-0.2, 0) is 0 Å². The summed E-state index contributed by atoms with van der Waals surface area (Å²) in [6, 6.07) is 15.5. The molecule has 5 heteroatoms. The Morgan fingerprint density at radius 2 is 1.46 bits per heavy atom. The number of hydrogen-bond donors (Lipinski definition) is 0. The topological polar surface area (TPSA) is 43.9 Å². The molecule has 4 rings (SSSR count). The number of aryl methyl sites for hydroxylation is 1. The molecule has 2 aromatic carbocycles. The maximum atomic E-state index is 12.3. The maximum Gasteiger partial charge on any atom is 0.262 e. The lowest BCUT2D eigenvalue weighted by Crippen LogP contribution is -2.46. The SMILES string of the molecule is Cc1cccc(N2CCN(CC#CCN3C(=O)c4ccccc4C3=O)CC2)c1. The van der Waals surface area contributed by atoms with Crippen molar-refractivity contribution in [1.29, 1.82) is 0 Å². The van der Waals surface area contributed by atoms with Crippen molar-refractivity contribution < 1.29 is 9.59 Å². The second kappa shape index (κ2) is 7.87. The lowest BCUT2D eigenvalue weighted by molar-refractivity contribution is 0.0675. The van der Waals surface area contributed by atoms with E-state index < -0.39 is 0 Å². The highest BCUT2D eigenvalue weighted by atomic mass is 16.2. The molecule has 2 aromatic rings. The van der Waals surface area contributed by atoms with E-state index in [0.29, 0.717) is 17.7 Å². The van der Waals surface area contributed by atoms with Gasteiger partial charge in [0.15, 0.2) is 0 Å². The zero-order chi connectivity index (χ0) is 19.5. The first kappa shape index (κ1) is 18.3. The molecule has 0 unspecified atom stereocenters. The number of benzene rings is 2. The van der Waals surface area contributed by atoms with Gasteiger partial charge in [0.1, 0.15) is 0 Å². The summed E-state index contributed by atoms with van der Waals surface area (Å²) in [5.74, 6) is 5.63. The van der Waals surface area contributed by atoms with Crippen molar-refractivity contribution in [3.63, 3.8) is 0 Å². The Kier molecular flexibility index (Phi) is 5.14. The highest BCUT2D eigenvalue weighted by Crippen LogP contribution is 2.21. The van der Waals surface area contributed by atoms with Gasteiger partial charge >= 0.3 is 0 Å². The third-order valence-electron chi connectivity index (χ3n) is 5.28. The predicted octanol–water partition coefficient (Wildman–Crippen LogP) is 2.42. The summed E-state index contributed by atoms with van der Waals surface area (Å²) in [7, 11) is 0. The van der Waals surface area contributed by atoms with Crippen LogP contribution in [0.15, 0.2) is 48.5 Å². The van der Waals surface area contributed by atoms with E-state index in [1.165, 1.54) is 16.2 Å². The lowest BCUT2D eigenvalue weighted by atomic mass is 10.1. The smallest absolute Gasteiger partial charge is 0.262 e. The monoisotopic (exact) mass is 373 g/mol. The summed E-state index contributed by atoms with van der Waals surface area (Å²) in [4.78, 5) is 30.6. The maximum absolute atomic E-state index is 12.3. The number of carbonyl (C=O) groups is 2. The van der Waals surface area contributed by atoms with Crippen LogP contribution >= 0.6 is 0 Å². The number of hydrogen-bond acceptors (Lipinski definition) is 4. The summed E-state index contributed by atoms with van der Waals surface area (Å²) in [5.41, 5.74) is 3.50. The summed E-state index contributed by atoms with van der Waals surface area (Å²) in [6.45, 7) is 6.78. The summed E-state index contributed by atoms with van der Waals surface area (Å²) >= 11 is 0. The van der Waals surface area contributed by atoms with Gasteiger partial charge in [0.2, 0.25) is 0 Å². The van der Waals surface area contributed by atoms with Crippen molar-refractivity contribution in [2.24, 2.45) is 0 Å². The van der Waals surface area contributed by atoms with Gasteiger partial charge in [0.05, 0.1) is 24.2 Å². The number of piperazine rings is 1. The molecular formula is C23H23N3O2. The van der Waals surface area contributed by atoms with Crippen LogP contribution in [0, 0.1) is 18.8 Å². The fourth-order valence-corrected chi connectivity index (χ4v) is 3.67. The van der Waals surface area contributed by atoms with Crippen LogP contribution in [0.1, 0.15) is 26.3 Å². The first-order valence-electron chi connectivity index (χ1n) is 9.58. The molecule has 0 bridgehead atoms. The molecule has 0 aliphatic carbocycles. The Balaban J connectivity index is 1.28. The Morgan fingerprint density at radius 1 is 0.821 bits per heavy atom. The zero-order valence-electron chi connectivity index (χ0n) is 16.0. The van der Waals surface area contributed by atoms with E-state index in [4.69, 9.17) is 0 Å². The Bertz CT molecular complexity index is 930. The zero-order valence-corrected chi connectivity index (χ0v) is 16.0. The van der Waals surface area contributed by atoms with Crippen molar-refractivity contribution in [2.75, 3.05) is 44.2 Å². The second-order valence-electron chi connectivity index (χ2n) is 7.20. The molecule has 0 saturated carbocycles. The number of rotatable bonds is 3. The number of anilines is 1. The van der Waals surface area contributed by atoms with Crippen molar-refractivity contribution in [3.8, 4) is 11.8 Å². The van der Waals surface area contributed by atoms with Gasteiger partial charge in [-0.1, -0.05) is 36.1 Å². The molecule has 0 atom stereocenters. The Labute approximate surface area is 165 Å². The molecule has 5 nitrogen and oxygen atoms in total. The van der Waals surface area contributed by atoms with Gasteiger partial charge in [-0.15, -0.1) is 0 Å². The van der Waals surface area contributed by atoms with Crippen LogP contribution in [0.3, 0.4) is 0 Å². The molecule has 0 aromatic heterocycles. The molecular weight excluding hydrogens is 350 g/mol. The van der Waals surface area contributed by atoms with Crippen molar-refractivity contribution in [1.82, 2.24) is 9.80 Å². The molecule has 2 amide bonds. The van der Waals surface area contributed by atoms with Gasteiger partial charge in [-0.2, -0.15) is 0 Å². The molecule has 28 heavy (non-hydrogen) atoms. The minimum absolute atomic E-state index is 0.148. The van der Waals surface area contributed by atoms with E-state index in [2.05, 4.69) is 52.8 Å². The summed E-state index contributed by atoms with van der Waals surface area (Å²) < 4.78 is 0. The van der Waals surface area contributed by atoms with E-state index in [-0.39, 0.29) is 18.4 Å². The van der Waals surface area contributed by atoms with Gasteiger partial charge in [-0.25, -0.2) is 0 Å². The van der Waals surface area contributed by atoms with Crippen LogP contribution in [0.4, 0.5) is 5.69 Å². The van der Waals surface area contributed by atoms with Crippen LogP contribution in [-0.4, -0.2) is 60.9 Å². The molecule has 1 fully saturated rings. The quantitative estimate of drug-likeness (QED) is 0.612. The Morgan fingerprint density at radius 3 is 2.11 bits per heavy atom. The number of carbonyl (C=O) groups excluding carboxylic acids is 2. The highest BCUT2D eigenvalue weighted by Gasteiger charge is 2.34. The number of imide groups is 1. The number of amides is 2. The molecule has 2 aliphatic heterocycles. The van der Waals surface area contributed by atoms with Gasteiger partial charge < -0.3 is 4.90 Å². The first-order chi connectivity index (χ1) is 13.6. The van der Waals surface area contributed by atoms with E-state index in [9.17, 15) is 9.59 Å². The minimum Gasteiger partial charge on any atom is -0.369 e. The van der Waals surface area contributed by atoms with Crippen LogP contribution in [0.5, 0.6) is 0 Å². The van der Waals surface area contributed by atoms with Crippen LogP contribution in [0.25, 0.3) is 0 Å². The molecule has 1 saturated heterocycles. The third kappa shape index (κ3) is 3.64. The first-order valence-corrected chi connectivity index (χ1v) is 9.58. The lowest BCUT2D eigenvalue weighted by Gasteiger charge is -2.35. The molecule has 142 valence electrons. The summed E-state index contributed by atoms with van der Waals surface area (Å²) in [6.07, 6.45) is 0. The van der Waals surface area contributed by atoms with E-state index in [0.717, 1.165) is 26.2 Å². The molecule has 0 radical (unpaired) electrons. The second-order valence-corrected chi connectivity index (χ2v) is 7.20. The fourth-order valence-electron chi connectivity index (χ4n) is 3.67. The van der Waals surface area contributed by atoms with Crippen molar-refractivity contribution in [3.05, 3.63) is 65.2 Å². The average molecular weight is 373 g/mol. The van der Waals surface area contributed by atoms with E-state index in [1.54, 1.807) is 24.3 Å². The summed E-state index contributed by atoms with van der Waals surface area (Å²) in [5, 5.41) is 0. The fraction of sp³-hybridized carbons (Fsp3) is 0.304. The highest BCUT2D eigenvalue weighted by molar-refractivity contribution is 6.21. The predicted molar refractivity (Wildman–Crippen MR) is 109 cm³/mol. The number of nitrogens with zero attached hydrogens (tertiary/aromatic N) is 3. The van der Waals surface area contributed by atoms with Crippen LogP contribution < -0.4 is 4.90 Å². The van der Waals surface area contributed by atoms with Gasteiger partial charge in [0.25, 0.3) is 11.8 Å². The third-order valence-corrected chi connectivity index (χ3v) is 5.28. The van der Waals surface area contributed by atoms with Gasteiger partial charge in [0, 0.05) is 31.9 Å². The standard InChI is InChI=1S/C23H23N3O2/c1-18-7-6-8-19(17-18)25-15-13-24(14-16-25)11-4-5-12-26-22(27)20-9-2-3-10-21(20)23(26)28/h2-3,6-10,17H,11-16H2,1H3. The normalized spacial score (nSPS) is 16.8. The Hall–Kier alpha value is -3.10. The van der Waals surface area contributed by atoms with Gasteiger partial charge in [-0.05, 0) is 36.8 Å². The number of fused-ring (bicyclic) bond motifs is 1. The molecule has 2 heterocycles. The van der Waals surface area contributed by atoms with Crippen molar-refractivity contribution >= 4 is 17.5 Å². The van der Waals surface area contributed by atoms with Gasteiger partial charge in [-0.3, -0.25) is 19.4 Å². The molecule has 2 aliphatic rings. The van der Waals surface area contributed by atoms with Crippen LogP contribution in [0.2, 0.25) is 0 Å².